The summed E-state index contributed by atoms with van der Waals surface area (Å²) in [6, 6.07) is 40.5. The molecule has 0 saturated carbocycles. The number of nitrogens with zero attached hydrogens (tertiary/aromatic N) is 2. The van der Waals surface area contributed by atoms with Gasteiger partial charge in [-0.15, -0.1) is 0 Å². The summed E-state index contributed by atoms with van der Waals surface area (Å²) in [5, 5.41) is 2.52. The average Bonchev–Trinajstić information content (AvgIpc) is 3.20. The molecule has 0 spiro atoms. The molecule has 4 aromatic carbocycles. The number of hydrogen-bond donors (Lipinski definition) is 0. The van der Waals surface area contributed by atoms with Crippen molar-refractivity contribution in [1.29, 1.82) is 0 Å². The van der Waals surface area contributed by atoms with E-state index in [9.17, 15) is 0 Å². The average molecular weight is 396 g/mol. The highest BCUT2D eigenvalue weighted by atomic mass is 15.0. The fourth-order valence-corrected chi connectivity index (χ4v) is 4.54. The molecule has 146 valence electrons. The van der Waals surface area contributed by atoms with E-state index in [0.29, 0.717) is 0 Å². The van der Waals surface area contributed by atoms with Crippen molar-refractivity contribution < 1.29 is 0 Å². The minimum absolute atomic E-state index is 0.984. The molecule has 6 rings (SSSR count). The van der Waals surface area contributed by atoms with Gasteiger partial charge in [0.2, 0.25) is 0 Å². The first-order valence-electron chi connectivity index (χ1n) is 10.5. The van der Waals surface area contributed by atoms with Crippen molar-refractivity contribution in [3.05, 3.63) is 121 Å². The van der Waals surface area contributed by atoms with Gasteiger partial charge >= 0.3 is 0 Å². The first kappa shape index (κ1) is 17.7. The van der Waals surface area contributed by atoms with Crippen LogP contribution in [0, 0.1) is 0 Å². The molecule has 0 unspecified atom stereocenters. The molecule has 0 aliphatic rings. The van der Waals surface area contributed by atoms with Crippen LogP contribution < -0.4 is 0 Å². The second kappa shape index (κ2) is 7.26. The summed E-state index contributed by atoms with van der Waals surface area (Å²) >= 11 is 0. The smallest absolute Gasteiger partial charge is 0.0708 e. The molecule has 0 atom stereocenters. The standard InChI is InChI=1S/C29H20N2/c1-2-11-21(12-3-1)31-28-19-7-6-15-24(28)26-17-10-16-25(29(26)31)22-13-4-5-14-23(22)27-18-8-9-20-30-27/h1-20H. The summed E-state index contributed by atoms with van der Waals surface area (Å²) in [7, 11) is 0. The Balaban J connectivity index is 1.75. The van der Waals surface area contributed by atoms with Gasteiger partial charge in [0.15, 0.2) is 0 Å². The zero-order valence-electron chi connectivity index (χ0n) is 16.9. The highest BCUT2D eigenvalue weighted by Gasteiger charge is 2.18. The third-order valence-electron chi connectivity index (χ3n) is 5.87. The predicted molar refractivity (Wildman–Crippen MR) is 129 cm³/mol. The van der Waals surface area contributed by atoms with Crippen LogP contribution in [-0.4, -0.2) is 9.55 Å². The van der Waals surface area contributed by atoms with Crippen LogP contribution >= 0.6 is 0 Å². The van der Waals surface area contributed by atoms with E-state index in [2.05, 4.69) is 113 Å². The maximum absolute atomic E-state index is 4.63. The Morgan fingerprint density at radius 2 is 1.16 bits per heavy atom. The molecule has 0 bridgehead atoms. The van der Waals surface area contributed by atoms with Gasteiger partial charge in [0.05, 0.1) is 16.7 Å². The van der Waals surface area contributed by atoms with E-state index in [1.165, 1.54) is 32.9 Å². The van der Waals surface area contributed by atoms with Gasteiger partial charge in [-0.05, 0) is 35.9 Å². The lowest BCUT2D eigenvalue weighted by Gasteiger charge is -2.14. The summed E-state index contributed by atoms with van der Waals surface area (Å²) in [5.74, 6) is 0. The largest absolute Gasteiger partial charge is 0.309 e. The van der Waals surface area contributed by atoms with E-state index >= 15 is 0 Å². The molecule has 0 N–H and O–H groups in total. The van der Waals surface area contributed by atoms with Crippen molar-refractivity contribution in [2.24, 2.45) is 0 Å². The normalized spacial score (nSPS) is 11.2. The summed E-state index contributed by atoms with van der Waals surface area (Å²) < 4.78 is 2.38. The van der Waals surface area contributed by atoms with Gasteiger partial charge in [-0.25, -0.2) is 0 Å². The summed E-state index contributed by atoms with van der Waals surface area (Å²) in [6.07, 6.45) is 1.85. The molecule has 0 amide bonds. The SMILES string of the molecule is c1ccc(-n2c3ccccc3c3cccc(-c4ccccc4-c4ccccn4)c32)cc1. The summed E-state index contributed by atoms with van der Waals surface area (Å²) in [6.45, 7) is 0. The summed E-state index contributed by atoms with van der Waals surface area (Å²) in [5.41, 5.74) is 8.12. The molecule has 0 aliphatic heterocycles. The van der Waals surface area contributed by atoms with E-state index in [-0.39, 0.29) is 0 Å². The minimum Gasteiger partial charge on any atom is -0.309 e. The first-order valence-corrected chi connectivity index (χ1v) is 10.5. The number of aromatic nitrogens is 2. The van der Waals surface area contributed by atoms with Crippen LogP contribution in [0.5, 0.6) is 0 Å². The number of benzene rings is 4. The predicted octanol–water partition coefficient (Wildman–Crippen LogP) is 7.51. The van der Waals surface area contributed by atoms with Crippen molar-refractivity contribution in [3.63, 3.8) is 0 Å². The number of pyridine rings is 1. The molecule has 2 heteroatoms. The maximum Gasteiger partial charge on any atom is 0.0708 e. The van der Waals surface area contributed by atoms with E-state index in [4.69, 9.17) is 0 Å². The van der Waals surface area contributed by atoms with Crippen LogP contribution in [0.3, 0.4) is 0 Å². The van der Waals surface area contributed by atoms with E-state index in [1.54, 1.807) is 0 Å². The molecule has 6 aromatic rings. The van der Waals surface area contributed by atoms with Gasteiger partial charge in [0, 0.05) is 33.8 Å². The van der Waals surface area contributed by atoms with Crippen LogP contribution in [0.25, 0.3) is 49.9 Å². The van der Waals surface area contributed by atoms with Crippen molar-refractivity contribution in [2.75, 3.05) is 0 Å². The minimum atomic E-state index is 0.984. The molecule has 2 heterocycles. The lowest BCUT2D eigenvalue weighted by Crippen LogP contribution is -1.96. The molecule has 0 aliphatic carbocycles. The Bertz CT molecular complexity index is 1510. The van der Waals surface area contributed by atoms with Gasteiger partial charge in [-0.2, -0.15) is 0 Å². The molecular formula is C29H20N2. The molecular weight excluding hydrogens is 376 g/mol. The van der Waals surface area contributed by atoms with Crippen LogP contribution in [0.15, 0.2) is 121 Å². The second-order valence-electron chi connectivity index (χ2n) is 7.65. The molecule has 2 aromatic heterocycles. The van der Waals surface area contributed by atoms with Crippen LogP contribution in [0.4, 0.5) is 0 Å². The molecule has 2 nitrogen and oxygen atoms in total. The molecule has 0 saturated heterocycles. The van der Waals surface area contributed by atoms with E-state index in [1.807, 2.05) is 18.3 Å². The van der Waals surface area contributed by atoms with Crippen LogP contribution in [-0.2, 0) is 0 Å². The Morgan fingerprint density at radius 1 is 0.484 bits per heavy atom. The topological polar surface area (TPSA) is 17.8 Å². The Morgan fingerprint density at radius 3 is 2.00 bits per heavy atom. The lowest BCUT2D eigenvalue weighted by molar-refractivity contribution is 1.18. The fraction of sp³-hybridized carbons (Fsp3) is 0. The number of hydrogen-bond acceptors (Lipinski definition) is 1. The number of rotatable bonds is 3. The Hall–Kier alpha value is -4.17. The third-order valence-corrected chi connectivity index (χ3v) is 5.87. The monoisotopic (exact) mass is 396 g/mol. The Kier molecular flexibility index (Phi) is 4.14. The van der Waals surface area contributed by atoms with Gasteiger partial charge in [-0.3, -0.25) is 4.98 Å². The summed E-state index contributed by atoms with van der Waals surface area (Å²) in [4.78, 5) is 4.63. The zero-order valence-corrected chi connectivity index (χ0v) is 16.9. The van der Waals surface area contributed by atoms with Gasteiger partial charge in [0.1, 0.15) is 0 Å². The van der Waals surface area contributed by atoms with E-state index < -0.39 is 0 Å². The highest BCUT2D eigenvalue weighted by Crippen LogP contribution is 2.40. The molecule has 0 radical (unpaired) electrons. The third kappa shape index (κ3) is 2.84. The first-order chi connectivity index (χ1) is 15.4. The van der Waals surface area contributed by atoms with Crippen molar-refractivity contribution in [1.82, 2.24) is 9.55 Å². The zero-order chi connectivity index (χ0) is 20.6. The molecule has 0 fully saturated rings. The van der Waals surface area contributed by atoms with Crippen molar-refractivity contribution in [2.45, 2.75) is 0 Å². The van der Waals surface area contributed by atoms with E-state index in [0.717, 1.165) is 16.9 Å². The fourth-order valence-electron chi connectivity index (χ4n) is 4.54. The van der Waals surface area contributed by atoms with Crippen LogP contribution in [0.1, 0.15) is 0 Å². The lowest BCUT2D eigenvalue weighted by atomic mass is 9.95. The van der Waals surface area contributed by atoms with Crippen molar-refractivity contribution in [3.8, 4) is 28.1 Å². The molecule has 31 heavy (non-hydrogen) atoms. The van der Waals surface area contributed by atoms with Gasteiger partial charge in [0.25, 0.3) is 0 Å². The quantitative estimate of drug-likeness (QED) is 0.303. The highest BCUT2D eigenvalue weighted by molar-refractivity contribution is 6.14. The van der Waals surface area contributed by atoms with Gasteiger partial charge < -0.3 is 4.57 Å². The maximum atomic E-state index is 4.63. The number of para-hydroxylation sites is 3. The van der Waals surface area contributed by atoms with Crippen LogP contribution in [0.2, 0.25) is 0 Å². The Labute approximate surface area is 181 Å². The number of fused-ring (bicyclic) bond motifs is 3. The second-order valence-corrected chi connectivity index (χ2v) is 7.65. The van der Waals surface area contributed by atoms with Gasteiger partial charge in [-0.1, -0.05) is 84.9 Å². The van der Waals surface area contributed by atoms with Crippen molar-refractivity contribution >= 4 is 21.8 Å².